The zero-order valence-corrected chi connectivity index (χ0v) is 22.4. The van der Waals surface area contributed by atoms with Gasteiger partial charge in [0.15, 0.2) is 11.0 Å². The van der Waals surface area contributed by atoms with E-state index in [2.05, 4.69) is 44.2 Å². The van der Waals surface area contributed by atoms with Crippen molar-refractivity contribution in [3.63, 3.8) is 0 Å². The van der Waals surface area contributed by atoms with Gasteiger partial charge < -0.3 is 10.4 Å². The third-order valence-corrected chi connectivity index (χ3v) is 7.02. The van der Waals surface area contributed by atoms with Crippen LogP contribution in [-0.4, -0.2) is 31.5 Å². The van der Waals surface area contributed by atoms with Crippen molar-refractivity contribution in [3.05, 3.63) is 80.4 Å². The van der Waals surface area contributed by atoms with E-state index in [1.165, 1.54) is 11.8 Å². The fourth-order valence-electron chi connectivity index (χ4n) is 3.89. The average Bonchev–Trinajstić information content (AvgIpc) is 3.18. The molecular formula is C26H25IN4O2S. The molecule has 0 aliphatic heterocycles. The number of carbonyl (C=O) groups is 1. The van der Waals surface area contributed by atoms with E-state index < -0.39 is 0 Å². The van der Waals surface area contributed by atoms with E-state index >= 15 is 0 Å². The van der Waals surface area contributed by atoms with Crippen molar-refractivity contribution >= 4 is 45.9 Å². The molecule has 0 radical (unpaired) electrons. The maximum Gasteiger partial charge on any atom is 0.234 e. The van der Waals surface area contributed by atoms with Gasteiger partial charge in [-0.25, -0.2) is 0 Å². The van der Waals surface area contributed by atoms with Crippen LogP contribution in [-0.2, 0) is 4.79 Å². The lowest BCUT2D eigenvalue weighted by Crippen LogP contribution is -2.16. The number of amides is 1. The van der Waals surface area contributed by atoms with Gasteiger partial charge in [0.1, 0.15) is 5.75 Å². The summed E-state index contributed by atoms with van der Waals surface area (Å²) in [5.74, 6) is 0.711. The fraction of sp³-hybridized carbons (Fsp3) is 0.192. The fourth-order valence-corrected chi connectivity index (χ4v) is 5.57. The first-order valence-electron chi connectivity index (χ1n) is 10.8. The zero-order valence-electron chi connectivity index (χ0n) is 19.4. The van der Waals surface area contributed by atoms with Crippen LogP contribution in [0.3, 0.4) is 0 Å². The summed E-state index contributed by atoms with van der Waals surface area (Å²) >= 11 is 3.59. The Morgan fingerprint density at radius 3 is 2.38 bits per heavy atom. The van der Waals surface area contributed by atoms with Gasteiger partial charge in [-0.2, -0.15) is 0 Å². The minimum absolute atomic E-state index is 0.114. The monoisotopic (exact) mass is 584 g/mol. The molecule has 1 heterocycles. The number of nitrogens with zero attached hydrogens (tertiary/aromatic N) is 3. The summed E-state index contributed by atoms with van der Waals surface area (Å²) in [5, 5.41) is 22.8. The van der Waals surface area contributed by atoms with Crippen LogP contribution in [0.2, 0.25) is 0 Å². The highest BCUT2D eigenvalue weighted by molar-refractivity contribution is 14.1. The van der Waals surface area contributed by atoms with Crippen LogP contribution >= 0.6 is 34.4 Å². The standard InChI is InChI=1S/C26H25IN4O2S/c1-15-9-10-21(16(2)11-15)31-25(20-7-5-6-8-22(20)32)29-30-26(31)34-14-23(33)28-24-17(3)12-19(27)13-18(24)4/h5-13,32H,14H2,1-4H3,(H,28,33). The predicted octanol–water partition coefficient (Wildman–Crippen LogP) is 6.21. The molecule has 2 N–H and O–H groups in total. The maximum absolute atomic E-state index is 12.8. The van der Waals surface area contributed by atoms with E-state index in [1.54, 1.807) is 12.1 Å². The highest BCUT2D eigenvalue weighted by Crippen LogP contribution is 2.34. The summed E-state index contributed by atoms with van der Waals surface area (Å²) in [6.07, 6.45) is 0. The first kappa shape index (κ1) is 24.3. The Kier molecular flexibility index (Phi) is 7.27. The molecular weight excluding hydrogens is 559 g/mol. The van der Waals surface area contributed by atoms with Crippen molar-refractivity contribution in [2.75, 3.05) is 11.1 Å². The Morgan fingerprint density at radius 2 is 1.71 bits per heavy atom. The number of nitrogens with one attached hydrogen (secondary N) is 1. The quantitative estimate of drug-likeness (QED) is 0.208. The van der Waals surface area contributed by atoms with Gasteiger partial charge in [-0.3, -0.25) is 9.36 Å². The number of aryl methyl sites for hydroxylation is 4. The SMILES string of the molecule is Cc1ccc(-n2c(SCC(=O)Nc3c(C)cc(I)cc3C)nnc2-c2ccccc2O)c(C)c1. The third-order valence-electron chi connectivity index (χ3n) is 5.47. The Bertz CT molecular complexity index is 1360. The van der Waals surface area contributed by atoms with Crippen LogP contribution in [0.15, 0.2) is 59.8 Å². The van der Waals surface area contributed by atoms with Gasteiger partial charge in [-0.05, 0) is 97.3 Å². The molecule has 4 aromatic rings. The molecule has 1 amide bonds. The van der Waals surface area contributed by atoms with Crippen LogP contribution in [0.4, 0.5) is 5.69 Å². The molecule has 0 atom stereocenters. The van der Waals surface area contributed by atoms with Gasteiger partial charge in [-0.1, -0.05) is 41.6 Å². The molecule has 174 valence electrons. The minimum Gasteiger partial charge on any atom is -0.507 e. The number of hydrogen-bond acceptors (Lipinski definition) is 5. The van der Waals surface area contributed by atoms with E-state index in [4.69, 9.17) is 0 Å². The van der Waals surface area contributed by atoms with Crippen LogP contribution in [0.5, 0.6) is 5.75 Å². The zero-order chi connectivity index (χ0) is 24.4. The van der Waals surface area contributed by atoms with Crippen LogP contribution in [0, 0.1) is 31.3 Å². The second-order valence-electron chi connectivity index (χ2n) is 8.20. The number of para-hydroxylation sites is 1. The van der Waals surface area contributed by atoms with Gasteiger partial charge in [-0.15, -0.1) is 10.2 Å². The number of rotatable bonds is 6. The normalized spacial score (nSPS) is 11.0. The van der Waals surface area contributed by atoms with Gasteiger partial charge in [0, 0.05) is 9.26 Å². The lowest BCUT2D eigenvalue weighted by Gasteiger charge is -2.15. The van der Waals surface area contributed by atoms with Crippen molar-refractivity contribution in [1.82, 2.24) is 14.8 Å². The van der Waals surface area contributed by atoms with Crippen molar-refractivity contribution < 1.29 is 9.90 Å². The Labute approximate surface area is 217 Å². The molecule has 0 bridgehead atoms. The van der Waals surface area contributed by atoms with E-state index in [1.807, 2.05) is 68.7 Å². The molecule has 0 saturated carbocycles. The van der Waals surface area contributed by atoms with Crippen LogP contribution in [0.25, 0.3) is 17.1 Å². The number of thioether (sulfide) groups is 1. The molecule has 0 spiro atoms. The Balaban J connectivity index is 1.66. The minimum atomic E-state index is -0.114. The topological polar surface area (TPSA) is 80.0 Å². The number of hydrogen-bond donors (Lipinski definition) is 2. The van der Waals surface area contributed by atoms with E-state index in [9.17, 15) is 9.90 Å². The molecule has 34 heavy (non-hydrogen) atoms. The summed E-state index contributed by atoms with van der Waals surface area (Å²) in [6, 6.07) is 17.3. The lowest BCUT2D eigenvalue weighted by molar-refractivity contribution is -0.113. The molecule has 3 aromatic carbocycles. The molecule has 0 aliphatic carbocycles. The number of carbonyl (C=O) groups excluding carboxylic acids is 1. The van der Waals surface area contributed by atoms with Crippen molar-refractivity contribution in [1.29, 1.82) is 0 Å². The number of anilines is 1. The van der Waals surface area contributed by atoms with Crippen LogP contribution in [0.1, 0.15) is 22.3 Å². The second-order valence-corrected chi connectivity index (χ2v) is 10.4. The van der Waals surface area contributed by atoms with Crippen LogP contribution < -0.4 is 5.32 Å². The molecule has 0 aliphatic rings. The number of benzene rings is 3. The number of aromatic nitrogens is 3. The third kappa shape index (κ3) is 5.12. The second kappa shape index (κ2) is 10.2. The van der Waals surface area contributed by atoms with E-state index in [-0.39, 0.29) is 17.4 Å². The van der Waals surface area contributed by atoms with Gasteiger partial charge in [0.25, 0.3) is 0 Å². The van der Waals surface area contributed by atoms with Crippen molar-refractivity contribution in [3.8, 4) is 22.8 Å². The molecule has 6 nitrogen and oxygen atoms in total. The number of phenolic OH excluding ortho intramolecular Hbond substituents is 1. The van der Waals surface area contributed by atoms with Crippen molar-refractivity contribution in [2.45, 2.75) is 32.9 Å². The summed E-state index contributed by atoms with van der Waals surface area (Å²) in [4.78, 5) is 12.8. The molecule has 0 saturated heterocycles. The molecule has 1 aromatic heterocycles. The lowest BCUT2D eigenvalue weighted by atomic mass is 10.1. The molecule has 4 rings (SSSR count). The summed E-state index contributed by atoms with van der Waals surface area (Å²) in [6.45, 7) is 8.06. The summed E-state index contributed by atoms with van der Waals surface area (Å²) < 4.78 is 3.04. The largest absolute Gasteiger partial charge is 0.507 e. The number of halogens is 1. The highest BCUT2D eigenvalue weighted by atomic mass is 127. The van der Waals surface area contributed by atoms with Crippen molar-refractivity contribution in [2.24, 2.45) is 0 Å². The van der Waals surface area contributed by atoms with Gasteiger partial charge in [0.2, 0.25) is 5.91 Å². The van der Waals surface area contributed by atoms with E-state index in [0.717, 1.165) is 37.2 Å². The Hall–Kier alpha value is -2.85. The van der Waals surface area contributed by atoms with Gasteiger partial charge >= 0.3 is 0 Å². The first-order valence-corrected chi connectivity index (χ1v) is 12.8. The molecule has 0 fully saturated rings. The molecule has 8 heteroatoms. The molecule has 0 unspecified atom stereocenters. The average molecular weight is 584 g/mol. The Morgan fingerprint density at radius 1 is 1.00 bits per heavy atom. The maximum atomic E-state index is 12.8. The number of phenols is 1. The number of aromatic hydroxyl groups is 1. The predicted molar refractivity (Wildman–Crippen MR) is 146 cm³/mol. The highest BCUT2D eigenvalue weighted by Gasteiger charge is 2.20. The summed E-state index contributed by atoms with van der Waals surface area (Å²) in [5.41, 5.74) is 6.59. The first-order chi connectivity index (χ1) is 16.2. The van der Waals surface area contributed by atoms with E-state index in [0.29, 0.717) is 16.5 Å². The summed E-state index contributed by atoms with van der Waals surface area (Å²) in [7, 11) is 0. The smallest absolute Gasteiger partial charge is 0.234 e. The van der Waals surface area contributed by atoms with Gasteiger partial charge in [0.05, 0.1) is 17.0 Å².